The predicted molar refractivity (Wildman–Crippen MR) is 293 cm³/mol. The first-order valence-electron chi connectivity index (χ1n) is 25.0. The minimum atomic E-state index is -2.04. The van der Waals surface area contributed by atoms with E-state index in [0.29, 0.717) is 17.1 Å². The van der Waals surface area contributed by atoms with Gasteiger partial charge in [0.15, 0.2) is 5.60 Å². The standard InChI is InChI=1S/C67H52N6O/c74-67(61-46-71(49-68-61)64(52-28-10-1-11-29-52,53-30-12-2-13-31-53)54-32-14-3-15-33-54,62-47-72(50-69-62)65(55-34-16-4-17-35-55,56-36-18-5-19-37-56)57-38-20-6-21-39-57)63-48-73(51-70-63)66(58-40-22-7-23-41-58,59-42-24-8-25-43-59)60-44-26-9-27-45-60/h1-51,74H. The molecule has 7 nitrogen and oxygen atoms in total. The number of rotatable bonds is 15. The average Bonchev–Trinajstić information content (AvgIpc) is 4.32. The van der Waals surface area contributed by atoms with Crippen molar-refractivity contribution in [2.75, 3.05) is 0 Å². The summed E-state index contributed by atoms with van der Waals surface area (Å²) in [6.45, 7) is 0. The summed E-state index contributed by atoms with van der Waals surface area (Å²) in [5, 5.41) is 14.5. The fourth-order valence-electron chi connectivity index (χ4n) is 11.4. The van der Waals surface area contributed by atoms with Gasteiger partial charge >= 0.3 is 0 Å². The molecule has 12 rings (SSSR count). The number of imidazole rings is 3. The summed E-state index contributed by atoms with van der Waals surface area (Å²) in [6.07, 6.45) is 11.4. The fraction of sp³-hybridized carbons (Fsp3) is 0.0597. The lowest BCUT2D eigenvalue weighted by molar-refractivity contribution is 0.112. The van der Waals surface area contributed by atoms with Crippen molar-refractivity contribution in [2.24, 2.45) is 0 Å². The van der Waals surface area contributed by atoms with Crippen molar-refractivity contribution >= 4 is 0 Å². The van der Waals surface area contributed by atoms with Gasteiger partial charge < -0.3 is 18.8 Å². The zero-order chi connectivity index (χ0) is 49.8. The highest BCUT2D eigenvalue weighted by Gasteiger charge is 2.48. The molecule has 0 spiro atoms. The van der Waals surface area contributed by atoms with Gasteiger partial charge in [-0.25, -0.2) is 15.0 Å². The first kappa shape index (κ1) is 45.7. The van der Waals surface area contributed by atoms with Gasteiger partial charge in [-0.05, 0) is 50.1 Å². The molecular weight excluding hydrogens is 905 g/mol. The van der Waals surface area contributed by atoms with Crippen LogP contribution in [0.2, 0.25) is 0 Å². The number of aromatic nitrogens is 6. The Kier molecular flexibility index (Phi) is 11.9. The lowest BCUT2D eigenvalue weighted by Crippen LogP contribution is -2.38. The molecule has 9 aromatic carbocycles. The minimum absolute atomic E-state index is 0.342. The number of benzene rings is 9. The van der Waals surface area contributed by atoms with Crippen LogP contribution in [0.15, 0.2) is 311 Å². The van der Waals surface area contributed by atoms with Gasteiger partial charge in [0, 0.05) is 18.6 Å². The van der Waals surface area contributed by atoms with E-state index in [1.807, 2.05) is 92.2 Å². The molecule has 0 radical (unpaired) electrons. The monoisotopic (exact) mass is 956 g/mol. The van der Waals surface area contributed by atoms with E-state index in [1.54, 1.807) is 0 Å². The van der Waals surface area contributed by atoms with Crippen molar-refractivity contribution in [1.82, 2.24) is 28.7 Å². The number of hydrogen-bond donors (Lipinski definition) is 1. The van der Waals surface area contributed by atoms with Crippen LogP contribution in [0, 0.1) is 0 Å². The molecule has 0 aliphatic heterocycles. The molecule has 3 heterocycles. The van der Waals surface area contributed by atoms with Crippen molar-refractivity contribution in [1.29, 1.82) is 0 Å². The minimum Gasteiger partial charge on any atom is -0.372 e. The largest absolute Gasteiger partial charge is 0.372 e. The Bertz CT molecular complexity index is 3030. The van der Waals surface area contributed by atoms with Crippen molar-refractivity contribution in [2.45, 2.75) is 22.2 Å². The molecule has 0 aliphatic carbocycles. The summed E-state index contributed by atoms with van der Waals surface area (Å²) in [6, 6.07) is 94.4. The molecular formula is C67H52N6O. The normalized spacial score (nSPS) is 12.1. The first-order valence-corrected chi connectivity index (χ1v) is 25.0. The Morgan fingerprint density at radius 1 is 0.230 bits per heavy atom. The zero-order valence-corrected chi connectivity index (χ0v) is 40.6. The predicted octanol–water partition coefficient (Wildman–Crippen LogP) is 13.1. The van der Waals surface area contributed by atoms with Crippen LogP contribution in [0.25, 0.3) is 0 Å². The molecule has 0 saturated heterocycles. The Morgan fingerprint density at radius 2 is 0.378 bits per heavy atom. The van der Waals surface area contributed by atoms with E-state index in [-0.39, 0.29) is 0 Å². The number of hydrogen-bond acceptors (Lipinski definition) is 4. The van der Waals surface area contributed by atoms with Gasteiger partial charge in [0.05, 0.1) is 19.0 Å². The number of aliphatic hydroxyl groups is 1. The maximum absolute atomic E-state index is 14.5. The van der Waals surface area contributed by atoms with Gasteiger partial charge in [-0.3, -0.25) is 0 Å². The molecule has 0 unspecified atom stereocenters. The molecule has 0 bridgehead atoms. The van der Waals surface area contributed by atoms with E-state index in [0.717, 1.165) is 50.1 Å². The van der Waals surface area contributed by atoms with Gasteiger partial charge in [0.2, 0.25) is 0 Å². The second-order valence-corrected chi connectivity index (χ2v) is 18.6. The molecule has 12 aromatic rings. The Hall–Kier alpha value is -9.43. The van der Waals surface area contributed by atoms with Crippen molar-refractivity contribution in [3.05, 3.63) is 378 Å². The Labute approximate surface area is 431 Å². The molecule has 0 amide bonds. The van der Waals surface area contributed by atoms with Crippen molar-refractivity contribution < 1.29 is 5.11 Å². The maximum atomic E-state index is 14.5. The highest BCUT2D eigenvalue weighted by molar-refractivity contribution is 5.55. The zero-order valence-electron chi connectivity index (χ0n) is 40.6. The molecule has 356 valence electrons. The van der Waals surface area contributed by atoms with Crippen LogP contribution in [0.3, 0.4) is 0 Å². The number of nitrogens with zero attached hydrogens (tertiary/aromatic N) is 6. The Balaban J connectivity index is 1.14. The van der Waals surface area contributed by atoms with E-state index in [2.05, 4.69) is 232 Å². The molecule has 7 heteroatoms. The molecule has 3 aromatic heterocycles. The van der Waals surface area contributed by atoms with E-state index in [9.17, 15) is 5.11 Å². The van der Waals surface area contributed by atoms with Crippen molar-refractivity contribution in [3.8, 4) is 0 Å². The van der Waals surface area contributed by atoms with Crippen LogP contribution in [0.4, 0.5) is 0 Å². The Morgan fingerprint density at radius 3 is 0.527 bits per heavy atom. The van der Waals surface area contributed by atoms with E-state index < -0.39 is 22.2 Å². The van der Waals surface area contributed by atoms with Crippen LogP contribution in [0.5, 0.6) is 0 Å². The quantitative estimate of drug-likeness (QED) is 0.104. The maximum Gasteiger partial charge on any atom is 0.195 e. The third-order valence-corrected chi connectivity index (χ3v) is 14.7. The topological polar surface area (TPSA) is 73.7 Å². The highest BCUT2D eigenvalue weighted by atomic mass is 16.3. The first-order chi connectivity index (χ1) is 36.6. The van der Waals surface area contributed by atoms with E-state index in [4.69, 9.17) is 15.0 Å². The summed E-state index contributed by atoms with van der Waals surface area (Å²) in [7, 11) is 0. The molecule has 0 fully saturated rings. The average molecular weight is 957 g/mol. The van der Waals surface area contributed by atoms with Crippen LogP contribution < -0.4 is 0 Å². The molecule has 0 saturated carbocycles. The summed E-state index contributed by atoms with van der Waals surface area (Å²) >= 11 is 0. The van der Waals surface area contributed by atoms with Gasteiger partial charge in [-0.2, -0.15) is 0 Å². The second-order valence-electron chi connectivity index (χ2n) is 18.6. The third-order valence-electron chi connectivity index (χ3n) is 14.7. The van der Waals surface area contributed by atoms with Crippen LogP contribution in [0.1, 0.15) is 67.2 Å². The van der Waals surface area contributed by atoms with E-state index in [1.165, 1.54) is 0 Å². The van der Waals surface area contributed by atoms with E-state index >= 15 is 0 Å². The second kappa shape index (κ2) is 19.3. The van der Waals surface area contributed by atoms with Crippen LogP contribution >= 0.6 is 0 Å². The van der Waals surface area contributed by atoms with Crippen molar-refractivity contribution in [3.63, 3.8) is 0 Å². The summed E-state index contributed by atoms with van der Waals surface area (Å²) in [4.78, 5) is 15.9. The molecule has 1 N–H and O–H groups in total. The lowest BCUT2D eigenvalue weighted by atomic mass is 9.76. The van der Waals surface area contributed by atoms with Gasteiger partial charge in [0.1, 0.15) is 33.7 Å². The smallest absolute Gasteiger partial charge is 0.195 e. The van der Waals surface area contributed by atoms with Gasteiger partial charge in [-0.1, -0.05) is 273 Å². The van der Waals surface area contributed by atoms with Gasteiger partial charge in [-0.15, -0.1) is 0 Å². The van der Waals surface area contributed by atoms with Gasteiger partial charge in [0.25, 0.3) is 0 Å². The van der Waals surface area contributed by atoms with Crippen LogP contribution in [-0.4, -0.2) is 33.8 Å². The molecule has 0 aliphatic rings. The molecule has 0 atom stereocenters. The summed E-state index contributed by atoms with van der Waals surface area (Å²) in [5.41, 5.74) is 5.45. The van der Waals surface area contributed by atoms with Crippen LogP contribution in [-0.2, 0) is 22.2 Å². The summed E-state index contributed by atoms with van der Waals surface area (Å²) in [5.74, 6) is 0. The fourth-order valence-corrected chi connectivity index (χ4v) is 11.4. The lowest BCUT2D eigenvalue weighted by Gasteiger charge is -2.38. The molecule has 74 heavy (non-hydrogen) atoms. The highest BCUT2D eigenvalue weighted by Crippen LogP contribution is 2.47. The third kappa shape index (κ3) is 7.36. The summed E-state index contributed by atoms with van der Waals surface area (Å²) < 4.78 is 6.39. The SMILES string of the molecule is OC(c1cn(C(c2ccccc2)(c2ccccc2)c2ccccc2)cn1)(c1cn(C(c2ccccc2)(c2ccccc2)c2ccccc2)cn1)c1cn(C(c2ccccc2)(c2ccccc2)c2ccccc2)cn1.